The quantitative estimate of drug-likeness (QED) is 0.728. The normalized spacial score (nSPS) is 12.0. The molecule has 0 unspecified atom stereocenters. The standard InChI is InChI=1S/C9H4ClF3N2O/c10-8-6(4-16)14-7-3-5(9(11,12)13)1-2-15(7)8/h1-4H. The molecule has 0 fully saturated rings. The summed E-state index contributed by atoms with van der Waals surface area (Å²) in [6.07, 6.45) is -2.93. The van der Waals surface area contributed by atoms with Crippen LogP contribution in [0.1, 0.15) is 16.1 Å². The fourth-order valence-electron chi connectivity index (χ4n) is 1.28. The molecule has 0 amide bonds. The Kier molecular flexibility index (Phi) is 2.38. The fraction of sp³-hybridized carbons (Fsp3) is 0.111. The van der Waals surface area contributed by atoms with Gasteiger partial charge in [-0.05, 0) is 12.1 Å². The molecule has 0 aromatic carbocycles. The highest BCUT2D eigenvalue weighted by atomic mass is 35.5. The average molecular weight is 249 g/mol. The van der Waals surface area contributed by atoms with Gasteiger partial charge in [0.2, 0.25) is 0 Å². The van der Waals surface area contributed by atoms with Gasteiger partial charge in [-0.1, -0.05) is 11.6 Å². The molecule has 0 aliphatic carbocycles. The molecule has 16 heavy (non-hydrogen) atoms. The number of nitrogens with zero attached hydrogens (tertiary/aromatic N) is 2. The van der Waals surface area contributed by atoms with Gasteiger partial charge in [0.1, 0.15) is 16.5 Å². The van der Waals surface area contributed by atoms with Crippen LogP contribution in [0.15, 0.2) is 18.3 Å². The van der Waals surface area contributed by atoms with Crippen LogP contribution in [0.2, 0.25) is 5.15 Å². The van der Waals surface area contributed by atoms with E-state index in [0.29, 0.717) is 6.29 Å². The number of imidazole rings is 1. The van der Waals surface area contributed by atoms with Gasteiger partial charge in [-0.3, -0.25) is 9.20 Å². The van der Waals surface area contributed by atoms with Crippen molar-refractivity contribution in [3.8, 4) is 0 Å². The molecule has 0 bridgehead atoms. The summed E-state index contributed by atoms with van der Waals surface area (Å²) in [6.45, 7) is 0. The van der Waals surface area contributed by atoms with Gasteiger partial charge in [-0.2, -0.15) is 13.2 Å². The first kappa shape index (κ1) is 10.9. The first-order chi connectivity index (χ1) is 7.43. The second-order valence-electron chi connectivity index (χ2n) is 3.05. The molecule has 2 rings (SSSR count). The van der Waals surface area contributed by atoms with Crippen molar-refractivity contribution in [2.24, 2.45) is 0 Å². The van der Waals surface area contributed by atoms with Gasteiger partial charge >= 0.3 is 6.18 Å². The topological polar surface area (TPSA) is 34.4 Å². The van der Waals surface area contributed by atoms with Crippen molar-refractivity contribution in [2.45, 2.75) is 6.18 Å². The summed E-state index contributed by atoms with van der Waals surface area (Å²) in [5.41, 5.74) is -0.929. The van der Waals surface area contributed by atoms with E-state index in [4.69, 9.17) is 11.6 Å². The van der Waals surface area contributed by atoms with Crippen LogP contribution in [0, 0.1) is 0 Å². The van der Waals surface area contributed by atoms with Crippen molar-refractivity contribution < 1.29 is 18.0 Å². The highest BCUT2D eigenvalue weighted by Crippen LogP contribution is 2.30. The minimum Gasteiger partial charge on any atom is -0.296 e. The van der Waals surface area contributed by atoms with E-state index >= 15 is 0 Å². The minimum absolute atomic E-state index is 0.00118. The van der Waals surface area contributed by atoms with Crippen LogP contribution in [-0.4, -0.2) is 15.7 Å². The predicted molar refractivity (Wildman–Crippen MR) is 50.6 cm³/mol. The minimum atomic E-state index is -4.44. The van der Waals surface area contributed by atoms with Crippen molar-refractivity contribution >= 4 is 23.5 Å². The number of carbonyl (C=O) groups is 1. The monoisotopic (exact) mass is 248 g/mol. The van der Waals surface area contributed by atoms with Crippen molar-refractivity contribution in [3.05, 3.63) is 34.7 Å². The molecule has 2 aromatic rings. The molecule has 7 heteroatoms. The lowest BCUT2D eigenvalue weighted by atomic mass is 10.2. The van der Waals surface area contributed by atoms with E-state index in [9.17, 15) is 18.0 Å². The molecule has 0 aliphatic heterocycles. The summed E-state index contributed by atoms with van der Waals surface area (Å²) in [7, 11) is 0. The number of alkyl halides is 3. The molecule has 0 spiro atoms. The lowest BCUT2D eigenvalue weighted by Crippen LogP contribution is -2.05. The molecule has 2 aromatic heterocycles. The van der Waals surface area contributed by atoms with E-state index < -0.39 is 11.7 Å². The lowest BCUT2D eigenvalue weighted by Gasteiger charge is -2.06. The van der Waals surface area contributed by atoms with Crippen molar-refractivity contribution in [3.63, 3.8) is 0 Å². The maximum absolute atomic E-state index is 12.4. The molecule has 0 atom stereocenters. The zero-order chi connectivity index (χ0) is 11.9. The number of rotatable bonds is 1. The Morgan fingerprint density at radius 1 is 1.44 bits per heavy atom. The number of aldehydes is 1. The van der Waals surface area contributed by atoms with Gasteiger partial charge in [-0.25, -0.2) is 4.98 Å². The molecular formula is C9H4ClF3N2O. The van der Waals surface area contributed by atoms with Crippen LogP contribution in [0.3, 0.4) is 0 Å². The highest BCUT2D eigenvalue weighted by Gasteiger charge is 2.31. The Balaban J connectivity index is 2.68. The summed E-state index contributed by atoms with van der Waals surface area (Å²) in [4.78, 5) is 14.2. The molecular weight excluding hydrogens is 245 g/mol. The van der Waals surface area contributed by atoms with Gasteiger partial charge < -0.3 is 0 Å². The first-order valence-corrected chi connectivity index (χ1v) is 4.51. The van der Waals surface area contributed by atoms with Crippen LogP contribution >= 0.6 is 11.6 Å². The van der Waals surface area contributed by atoms with Crippen LogP contribution in [-0.2, 0) is 6.18 Å². The zero-order valence-electron chi connectivity index (χ0n) is 7.62. The smallest absolute Gasteiger partial charge is 0.296 e. The van der Waals surface area contributed by atoms with E-state index in [2.05, 4.69) is 4.98 Å². The summed E-state index contributed by atoms with van der Waals surface area (Å²) in [5, 5.41) is -0.00118. The van der Waals surface area contributed by atoms with Gasteiger partial charge in [-0.15, -0.1) is 0 Å². The van der Waals surface area contributed by atoms with E-state index in [0.717, 1.165) is 18.3 Å². The third-order valence-electron chi connectivity index (χ3n) is 2.03. The first-order valence-electron chi connectivity index (χ1n) is 4.13. The molecule has 0 saturated carbocycles. The van der Waals surface area contributed by atoms with Gasteiger partial charge in [0, 0.05) is 6.20 Å². The Morgan fingerprint density at radius 3 is 2.69 bits per heavy atom. The van der Waals surface area contributed by atoms with Crippen LogP contribution in [0.25, 0.3) is 5.65 Å². The SMILES string of the molecule is O=Cc1nc2cc(C(F)(F)F)ccn2c1Cl. The van der Waals surface area contributed by atoms with Gasteiger partial charge in [0.15, 0.2) is 6.29 Å². The number of hydrogen-bond acceptors (Lipinski definition) is 2. The second kappa shape index (κ2) is 3.48. The largest absolute Gasteiger partial charge is 0.416 e. The molecule has 0 N–H and O–H groups in total. The Morgan fingerprint density at radius 2 is 2.12 bits per heavy atom. The van der Waals surface area contributed by atoms with E-state index in [-0.39, 0.29) is 16.5 Å². The summed E-state index contributed by atoms with van der Waals surface area (Å²) < 4.78 is 38.3. The molecule has 0 aliphatic rings. The second-order valence-corrected chi connectivity index (χ2v) is 3.41. The van der Waals surface area contributed by atoms with Crippen LogP contribution < -0.4 is 0 Å². The fourth-order valence-corrected chi connectivity index (χ4v) is 1.51. The molecule has 3 nitrogen and oxygen atoms in total. The van der Waals surface area contributed by atoms with Gasteiger partial charge in [0.25, 0.3) is 0 Å². The number of carbonyl (C=O) groups excluding carboxylic acids is 1. The van der Waals surface area contributed by atoms with Crippen LogP contribution in [0.5, 0.6) is 0 Å². The van der Waals surface area contributed by atoms with Gasteiger partial charge in [0.05, 0.1) is 5.56 Å². The number of pyridine rings is 1. The number of aromatic nitrogens is 2. The molecule has 2 heterocycles. The van der Waals surface area contributed by atoms with Crippen molar-refractivity contribution in [2.75, 3.05) is 0 Å². The molecule has 84 valence electrons. The maximum Gasteiger partial charge on any atom is 0.416 e. The maximum atomic E-state index is 12.4. The third-order valence-corrected chi connectivity index (χ3v) is 2.41. The Labute approximate surface area is 92.5 Å². The van der Waals surface area contributed by atoms with E-state index in [1.54, 1.807) is 0 Å². The van der Waals surface area contributed by atoms with E-state index in [1.807, 2.05) is 0 Å². The predicted octanol–water partition coefficient (Wildman–Crippen LogP) is 2.82. The summed E-state index contributed by atoms with van der Waals surface area (Å²) >= 11 is 5.71. The third kappa shape index (κ3) is 1.65. The summed E-state index contributed by atoms with van der Waals surface area (Å²) in [5.74, 6) is 0. The average Bonchev–Trinajstić information content (AvgIpc) is 2.54. The van der Waals surface area contributed by atoms with Crippen molar-refractivity contribution in [1.82, 2.24) is 9.38 Å². The Bertz CT molecular complexity index is 562. The number of fused-ring (bicyclic) bond motifs is 1. The van der Waals surface area contributed by atoms with E-state index in [1.165, 1.54) is 4.40 Å². The molecule has 0 radical (unpaired) electrons. The lowest BCUT2D eigenvalue weighted by molar-refractivity contribution is -0.137. The highest BCUT2D eigenvalue weighted by molar-refractivity contribution is 6.32. The van der Waals surface area contributed by atoms with Crippen molar-refractivity contribution in [1.29, 1.82) is 0 Å². The number of hydrogen-bond donors (Lipinski definition) is 0. The zero-order valence-corrected chi connectivity index (χ0v) is 8.38. The molecule has 0 saturated heterocycles. The number of halogens is 4. The van der Waals surface area contributed by atoms with Crippen LogP contribution in [0.4, 0.5) is 13.2 Å². The summed E-state index contributed by atoms with van der Waals surface area (Å²) in [6, 6.07) is 1.70. The Hall–Kier alpha value is -1.56.